The zero-order valence-electron chi connectivity index (χ0n) is 8.13. The van der Waals surface area contributed by atoms with E-state index in [1.807, 2.05) is 6.92 Å². The summed E-state index contributed by atoms with van der Waals surface area (Å²) < 4.78 is 14.2. The number of thioether (sulfide) groups is 1. The maximum atomic E-state index is 13.4. The number of anilines is 1. The fourth-order valence-electron chi connectivity index (χ4n) is 1.25. The highest BCUT2D eigenvalue weighted by atomic mass is 79.9. The number of aliphatic imine (C=N–C) groups is 1. The van der Waals surface area contributed by atoms with Crippen molar-refractivity contribution in [2.45, 2.75) is 13.0 Å². The average Bonchev–Trinajstić information content (AvgIpc) is 2.56. The molecule has 5 heteroatoms. The van der Waals surface area contributed by atoms with Crippen molar-refractivity contribution in [2.75, 3.05) is 11.1 Å². The lowest BCUT2D eigenvalue weighted by atomic mass is 10.3. The van der Waals surface area contributed by atoms with Crippen molar-refractivity contribution in [3.63, 3.8) is 0 Å². The summed E-state index contributed by atoms with van der Waals surface area (Å²) in [7, 11) is 0. The maximum Gasteiger partial charge on any atom is 0.161 e. The van der Waals surface area contributed by atoms with E-state index in [0.29, 0.717) is 11.7 Å². The molecule has 1 unspecified atom stereocenters. The van der Waals surface area contributed by atoms with Crippen LogP contribution in [0.3, 0.4) is 0 Å². The molecule has 0 radical (unpaired) electrons. The monoisotopic (exact) mass is 288 g/mol. The maximum absolute atomic E-state index is 13.4. The van der Waals surface area contributed by atoms with E-state index < -0.39 is 0 Å². The van der Waals surface area contributed by atoms with Gasteiger partial charge >= 0.3 is 0 Å². The van der Waals surface area contributed by atoms with Crippen molar-refractivity contribution in [3.05, 3.63) is 28.5 Å². The van der Waals surface area contributed by atoms with E-state index in [-0.39, 0.29) is 5.82 Å². The number of hydrogen-bond donors (Lipinski definition) is 1. The van der Waals surface area contributed by atoms with Crippen LogP contribution in [0, 0.1) is 5.82 Å². The number of nitrogens with zero attached hydrogens (tertiary/aromatic N) is 1. The molecule has 15 heavy (non-hydrogen) atoms. The second kappa shape index (κ2) is 4.53. The first-order valence-electron chi connectivity index (χ1n) is 4.58. The van der Waals surface area contributed by atoms with E-state index in [0.717, 1.165) is 15.4 Å². The van der Waals surface area contributed by atoms with Gasteiger partial charge < -0.3 is 5.32 Å². The first kappa shape index (κ1) is 11.0. The Morgan fingerprint density at radius 1 is 1.60 bits per heavy atom. The van der Waals surface area contributed by atoms with Gasteiger partial charge in [-0.15, -0.1) is 0 Å². The molecular formula is C10H10BrFN2S. The minimum absolute atomic E-state index is 0.271. The third-order valence-corrected chi connectivity index (χ3v) is 3.59. The van der Waals surface area contributed by atoms with Crippen LogP contribution in [0.4, 0.5) is 10.1 Å². The molecule has 1 aliphatic heterocycles. The molecule has 1 atom stereocenters. The molecule has 0 bridgehead atoms. The predicted molar refractivity (Wildman–Crippen MR) is 67.1 cm³/mol. The molecule has 2 rings (SSSR count). The molecule has 1 aromatic carbocycles. The summed E-state index contributed by atoms with van der Waals surface area (Å²) in [4.78, 5) is 4.34. The number of rotatable bonds is 1. The molecule has 0 aliphatic carbocycles. The van der Waals surface area contributed by atoms with Crippen molar-refractivity contribution in [1.29, 1.82) is 0 Å². The van der Waals surface area contributed by atoms with Crippen LogP contribution in [0.1, 0.15) is 6.92 Å². The van der Waals surface area contributed by atoms with Crippen LogP contribution >= 0.6 is 27.7 Å². The van der Waals surface area contributed by atoms with Crippen LogP contribution < -0.4 is 5.32 Å². The zero-order valence-corrected chi connectivity index (χ0v) is 10.5. The molecule has 1 N–H and O–H groups in total. The van der Waals surface area contributed by atoms with Gasteiger partial charge in [-0.2, -0.15) is 0 Å². The third-order valence-electron chi connectivity index (χ3n) is 1.97. The van der Waals surface area contributed by atoms with Gasteiger partial charge in [0.1, 0.15) is 5.82 Å². The van der Waals surface area contributed by atoms with Gasteiger partial charge in [0.2, 0.25) is 0 Å². The summed E-state index contributed by atoms with van der Waals surface area (Å²) in [6, 6.07) is 5.25. The largest absolute Gasteiger partial charge is 0.333 e. The van der Waals surface area contributed by atoms with E-state index in [4.69, 9.17) is 0 Å². The second-order valence-electron chi connectivity index (χ2n) is 3.34. The smallest absolute Gasteiger partial charge is 0.161 e. The summed E-state index contributed by atoms with van der Waals surface area (Å²) in [5.74, 6) is 0.688. The Bertz CT molecular complexity index is 408. The molecule has 0 amide bonds. The van der Waals surface area contributed by atoms with Crippen molar-refractivity contribution in [2.24, 2.45) is 4.99 Å². The van der Waals surface area contributed by atoms with Gasteiger partial charge in [0, 0.05) is 10.2 Å². The van der Waals surface area contributed by atoms with Gasteiger partial charge in [0.15, 0.2) is 5.17 Å². The number of halogens is 2. The Hall–Kier alpha value is -0.550. The quantitative estimate of drug-likeness (QED) is 0.855. The lowest BCUT2D eigenvalue weighted by molar-refractivity contribution is 0.631. The van der Waals surface area contributed by atoms with Crippen LogP contribution in [-0.2, 0) is 0 Å². The molecule has 80 valence electrons. The first-order chi connectivity index (χ1) is 7.15. The van der Waals surface area contributed by atoms with Gasteiger partial charge in [0.25, 0.3) is 0 Å². The highest BCUT2D eigenvalue weighted by Gasteiger charge is 2.14. The fourth-order valence-corrected chi connectivity index (χ4v) is 2.49. The molecule has 2 nitrogen and oxygen atoms in total. The van der Waals surface area contributed by atoms with Gasteiger partial charge in [-0.3, -0.25) is 4.99 Å². The van der Waals surface area contributed by atoms with Crippen LogP contribution in [0.25, 0.3) is 0 Å². The summed E-state index contributed by atoms with van der Waals surface area (Å²) in [6.45, 7) is 2.04. The van der Waals surface area contributed by atoms with Gasteiger partial charge in [-0.1, -0.05) is 27.7 Å². The average molecular weight is 289 g/mol. The SMILES string of the molecule is CC1CSC(Nc2ccc(Br)cc2F)=N1. The van der Waals surface area contributed by atoms with Crippen LogP contribution in [0.5, 0.6) is 0 Å². The predicted octanol–water partition coefficient (Wildman–Crippen LogP) is 3.49. The van der Waals surface area contributed by atoms with E-state index >= 15 is 0 Å². The van der Waals surface area contributed by atoms with Crippen LogP contribution in [0.15, 0.2) is 27.7 Å². The summed E-state index contributed by atoms with van der Waals surface area (Å²) in [5, 5.41) is 3.78. The number of amidine groups is 1. The fraction of sp³-hybridized carbons (Fsp3) is 0.300. The highest BCUT2D eigenvalue weighted by molar-refractivity contribution is 9.10. The number of nitrogens with one attached hydrogen (secondary N) is 1. The normalized spacial score (nSPS) is 20.2. The van der Waals surface area contributed by atoms with Gasteiger partial charge in [0.05, 0.1) is 11.7 Å². The zero-order chi connectivity index (χ0) is 10.8. The Balaban J connectivity index is 2.14. The molecule has 1 aromatic rings. The standard InChI is InChI=1S/C10H10BrFN2S/c1-6-5-15-10(13-6)14-9-3-2-7(11)4-8(9)12/h2-4,6H,5H2,1H3,(H,13,14). The van der Waals surface area contributed by atoms with Crippen LogP contribution in [0.2, 0.25) is 0 Å². The lowest BCUT2D eigenvalue weighted by Crippen LogP contribution is -2.06. The van der Waals surface area contributed by atoms with Crippen LogP contribution in [-0.4, -0.2) is 17.0 Å². The van der Waals surface area contributed by atoms with Crippen molar-refractivity contribution in [1.82, 2.24) is 0 Å². The van der Waals surface area contributed by atoms with Crippen molar-refractivity contribution < 1.29 is 4.39 Å². The van der Waals surface area contributed by atoms with Crippen molar-refractivity contribution >= 4 is 38.5 Å². The van der Waals surface area contributed by atoms with E-state index in [1.54, 1.807) is 23.9 Å². The Morgan fingerprint density at radius 3 is 3.00 bits per heavy atom. The number of benzene rings is 1. The minimum Gasteiger partial charge on any atom is -0.333 e. The molecule has 0 spiro atoms. The van der Waals surface area contributed by atoms with E-state index in [9.17, 15) is 4.39 Å². The minimum atomic E-state index is -0.271. The molecule has 1 aliphatic rings. The Kier molecular flexibility index (Phi) is 3.31. The molecule has 0 fully saturated rings. The molecular weight excluding hydrogens is 279 g/mol. The van der Waals surface area contributed by atoms with E-state index in [1.165, 1.54) is 6.07 Å². The summed E-state index contributed by atoms with van der Waals surface area (Å²) >= 11 is 4.83. The Labute approximate surface area is 100 Å². The lowest BCUT2D eigenvalue weighted by Gasteiger charge is -2.06. The topological polar surface area (TPSA) is 24.4 Å². The second-order valence-corrected chi connectivity index (χ2v) is 5.27. The van der Waals surface area contributed by atoms with Gasteiger partial charge in [-0.05, 0) is 25.1 Å². The summed E-state index contributed by atoms with van der Waals surface area (Å²) in [6.07, 6.45) is 0. The number of hydrogen-bond acceptors (Lipinski definition) is 3. The summed E-state index contributed by atoms with van der Waals surface area (Å²) in [5.41, 5.74) is 0.471. The molecule has 0 aromatic heterocycles. The first-order valence-corrected chi connectivity index (χ1v) is 6.35. The molecule has 0 saturated heterocycles. The Morgan fingerprint density at radius 2 is 2.40 bits per heavy atom. The third kappa shape index (κ3) is 2.72. The van der Waals surface area contributed by atoms with E-state index in [2.05, 4.69) is 26.2 Å². The van der Waals surface area contributed by atoms with Gasteiger partial charge in [-0.25, -0.2) is 4.39 Å². The highest BCUT2D eigenvalue weighted by Crippen LogP contribution is 2.23. The molecule has 0 saturated carbocycles. The van der Waals surface area contributed by atoms with Crippen molar-refractivity contribution in [3.8, 4) is 0 Å². The molecule has 1 heterocycles.